The van der Waals surface area contributed by atoms with E-state index >= 15 is 0 Å². The van der Waals surface area contributed by atoms with Gasteiger partial charge >= 0.3 is 6.03 Å². The lowest BCUT2D eigenvalue weighted by Gasteiger charge is -2.30. The van der Waals surface area contributed by atoms with E-state index in [1.807, 2.05) is 48.5 Å². The zero-order valence-corrected chi connectivity index (χ0v) is 14.8. The number of amides is 2. The molecule has 2 N–H and O–H groups in total. The molecule has 3 rings (SSSR count). The summed E-state index contributed by atoms with van der Waals surface area (Å²) in [5, 5.41) is 6.55. The molecule has 1 aliphatic rings. The third-order valence-corrected chi connectivity index (χ3v) is 4.33. The molecular formula is C19H22ClN3O2. The Kier molecular flexibility index (Phi) is 6.14. The molecule has 5 nitrogen and oxygen atoms in total. The Morgan fingerprint density at radius 1 is 1.12 bits per heavy atom. The van der Waals surface area contributed by atoms with Gasteiger partial charge in [0, 0.05) is 24.7 Å². The molecule has 0 bridgehead atoms. The van der Waals surface area contributed by atoms with Gasteiger partial charge in [0.05, 0.1) is 24.6 Å². The predicted molar refractivity (Wildman–Crippen MR) is 102 cm³/mol. The number of hydrogen-bond donors (Lipinski definition) is 2. The lowest BCUT2D eigenvalue weighted by atomic mass is 10.1. The predicted octanol–water partition coefficient (Wildman–Crippen LogP) is 3.54. The fourth-order valence-electron chi connectivity index (χ4n) is 2.84. The van der Waals surface area contributed by atoms with Crippen LogP contribution in [-0.4, -0.2) is 38.9 Å². The molecule has 6 heteroatoms. The number of hydrogen-bond acceptors (Lipinski definition) is 3. The number of urea groups is 1. The standard InChI is InChI=1S/C19H22ClN3O2/c20-16-5-3-4-15(14-16)8-9-21-19(24)22-17-6-1-2-7-18(17)23-10-12-25-13-11-23/h1-7,14H,8-13H2,(H2,21,22,24). The zero-order chi connectivity index (χ0) is 17.5. The maximum atomic E-state index is 12.2. The quantitative estimate of drug-likeness (QED) is 0.858. The molecule has 0 unspecified atom stereocenters. The maximum Gasteiger partial charge on any atom is 0.319 e. The van der Waals surface area contributed by atoms with Crippen molar-refractivity contribution >= 4 is 29.0 Å². The molecule has 1 fully saturated rings. The first-order chi connectivity index (χ1) is 12.2. The number of nitrogens with zero attached hydrogens (tertiary/aromatic N) is 1. The Morgan fingerprint density at radius 2 is 1.92 bits per heavy atom. The largest absolute Gasteiger partial charge is 0.378 e. The molecule has 0 aromatic heterocycles. The molecule has 2 aromatic carbocycles. The van der Waals surface area contributed by atoms with E-state index in [2.05, 4.69) is 15.5 Å². The van der Waals surface area contributed by atoms with Gasteiger partial charge in [-0.15, -0.1) is 0 Å². The number of morpholine rings is 1. The van der Waals surface area contributed by atoms with Crippen LogP contribution in [0.4, 0.5) is 16.2 Å². The number of ether oxygens (including phenoxy) is 1. The van der Waals surface area contributed by atoms with Crippen LogP contribution in [-0.2, 0) is 11.2 Å². The van der Waals surface area contributed by atoms with E-state index in [9.17, 15) is 4.79 Å². The van der Waals surface area contributed by atoms with Crippen molar-refractivity contribution in [2.45, 2.75) is 6.42 Å². The van der Waals surface area contributed by atoms with E-state index in [4.69, 9.17) is 16.3 Å². The highest BCUT2D eigenvalue weighted by Gasteiger charge is 2.15. The number of anilines is 2. The van der Waals surface area contributed by atoms with E-state index in [1.54, 1.807) is 0 Å². The molecule has 2 aromatic rings. The van der Waals surface area contributed by atoms with Crippen molar-refractivity contribution in [3.63, 3.8) is 0 Å². The van der Waals surface area contributed by atoms with Crippen molar-refractivity contribution in [2.75, 3.05) is 43.1 Å². The summed E-state index contributed by atoms with van der Waals surface area (Å²) in [4.78, 5) is 14.4. The van der Waals surface area contributed by atoms with Crippen molar-refractivity contribution in [1.29, 1.82) is 0 Å². The Morgan fingerprint density at radius 3 is 2.72 bits per heavy atom. The van der Waals surface area contributed by atoms with E-state index in [1.165, 1.54) is 0 Å². The summed E-state index contributed by atoms with van der Waals surface area (Å²) in [5.41, 5.74) is 2.93. The highest BCUT2D eigenvalue weighted by atomic mass is 35.5. The number of carbonyl (C=O) groups excluding carboxylic acids is 1. The van der Waals surface area contributed by atoms with Crippen LogP contribution in [0.3, 0.4) is 0 Å². The summed E-state index contributed by atoms with van der Waals surface area (Å²) in [5.74, 6) is 0. The second-order valence-electron chi connectivity index (χ2n) is 5.88. The second kappa shape index (κ2) is 8.74. The normalized spacial score (nSPS) is 14.2. The number of para-hydroxylation sites is 2. The average Bonchev–Trinajstić information content (AvgIpc) is 2.63. The summed E-state index contributed by atoms with van der Waals surface area (Å²) >= 11 is 5.97. The second-order valence-corrected chi connectivity index (χ2v) is 6.31. The van der Waals surface area contributed by atoms with Crippen molar-refractivity contribution in [2.24, 2.45) is 0 Å². The number of carbonyl (C=O) groups is 1. The van der Waals surface area contributed by atoms with E-state index in [0.29, 0.717) is 24.8 Å². The van der Waals surface area contributed by atoms with Gasteiger partial charge in [0.15, 0.2) is 0 Å². The Balaban J connectivity index is 1.54. The molecule has 1 saturated heterocycles. The summed E-state index contributed by atoms with van der Waals surface area (Å²) in [6, 6.07) is 15.3. The fourth-order valence-corrected chi connectivity index (χ4v) is 3.05. The van der Waals surface area contributed by atoms with Crippen molar-refractivity contribution in [1.82, 2.24) is 5.32 Å². The number of rotatable bonds is 5. The average molecular weight is 360 g/mol. The van der Waals surface area contributed by atoms with E-state index in [-0.39, 0.29) is 6.03 Å². The Bertz CT molecular complexity index is 717. The van der Waals surface area contributed by atoms with Crippen molar-refractivity contribution < 1.29 is 9.53 Å². The molecule has 0 spiro atoms. The zero-order valence-electron chi connectivity index (χ0n) is 14.0. The summed E-state index contributed by atoms with van der Waals surface area (Å²) < 4.78 is 5.39. The minimum Gasteiger partial charge on any atom is -0.378 e. The molecule has 132 valence electrons. The molecule has 1 heterocycles. The van der Waals surface area contributed by atoms with Gasteiger partial charge in [0.25, 0.3) is 0 Å². The topological polar surface area (TPSA) is 53.6 Å². The first-order valence-corrected chi connectivity index (χ1v) is 8.81. The summed E-state index contributed by atoms with van der Waals surface area (Å²) in [6.45, 7) is 3.62. The lowest BCUT2D eigenvalue weighted by molar-refractivity contribution is 0.123. The molecule has 1 aliphatic heterocycles. The van der Waals surface area contributed by atoms with Gasteiger partial charge < -0.3 is 20.3 Å². The van der Waals surface area contributed by atoms with E-state index < -0.39 is 0 Å². The van der Waals surface area contributed by atoms with Crippen LogP contribution in [0.5, 0.6) is 0 Å². The van der Waals surface area contributed by atoms with Crippen LogP contribution in [0, 0.1) is 0 Å². The van der Waals surface area contributed by atoms with Crippen LogP contribution >= 0.6 is 11.6 Å². The van der Waals surface area contributed by atoms with Gasteiger partial charge in [0.1, 0.15) is 0 Å². The first-order valence-electron chi connectivity index (χ1n) is 8.43. The van der Waals surface area contributed by atoms with Crippen LogP contribution < -0.4 is 15.5 Å². The Labute approximate surface area is 152 Å². The van der Waals surface area contributed by atoms with Gasteiger partial charge in [-0.25, -0.2) is 4.79 Å². The van der Waals surface area contributed by atoms with Crippen LogP contribution in [0.2, 0.25) is 5.02 Å². The molecule has 0 saturated carbocycles. The van der Waals surface area contributed by atoms with Crippen molar-refractivity contribution in [3.05, 3.63) is 59.1 Å². The monoisotopic (exact) mass is 359 g/mol. The molecule has 0 radical (unpaired) electrons. The molecule has 0 atom stereocenters. The number of benzene rings is 2. The highest BCUT2D eigenvalue weighted by molar-refractivity contribution is 6.30. The SMILES string of the molecule is O=C(NCCc1cccc(Cl)c1)Nc1ccccc1N1CCOCC1. The smallest absolute Gasteiger partial charge is 0.319 e. The van der Waals surface area contributed by atoms with Crippen molar-refractivity contribution in [3.8, 4) is 0 Å². The van der Waals surface area contributed by atoms with Crippen LogP contribution in [0.1, 0.15) is 5.56 Å². The minimum absolute atomic E-state index is 0.206. The molecular weight excluding hydrogens is 338 g/mol. The highest BCUT2D eigenvalue weighted by Crippen LogP contribution is 2.26. The summed E-state index contributed by atoms with van der Waals surface area (Å²) in [7, 11) is 0. The number of halogens is 1. The number of nitrogens with one attached hydrogen (secondary N) is 2. The van der Waals surface area contributed by atoms with E-state index in [0.717, 1.165) is 36.4 Å². The van der Waals surface area contributed by atoms with Gasteiger partial charge in [0.2, 0.25) is 0 Å². The fraction of sp³-hybridized carbons (Fsp3) is 0.316. The molecule has 2 amide bonds. The van der Waals surface area contributed by atoms with Gasteiger partial charge in [-0.1, -0.05) is 35.9 Å². The van der Waals surface area contributed by atoms with Crippen LogP contribution in [0.25, 0.3) is 0 Å². The lowest BCUT2D eigenvalue weighted by Crippen LogP contribution is -2.37. The van der Waals surface area contributed by atoms with Gasteiger partial charge in [-0.2, -0.15) is 0 Å². The minimum atomic E-state index is -0.206. The third-order valence-electron chi connectivity index (χ3n) is 4.09. The Hall–Kier alpha value is -2.24. The van der Waals surface area contributed by atoms with Gasteiger partial charge in [-0.05, 0) is 36.2 Å². The first kappa shape index (κ1) is 17.6. The maximum absolute atomic E-state index is 12.2. The summed E-state index contributed by atoms with van der Waals surface area (Å²) in [6.07, 6.45) is 0.735. The molecule has 25 heavy (non-hydrogen) atoms. The third kappa shape index (κ3) is 5.11. The molecule has 0 aliphatic carbocycles. The van der Waals surface area contributed by atoms with Gasteiger partial charge in [-0.3, -0.25) is 0 Å². The van der Waals surface area contributed by atoms with Crippen LogP contribution in [0.15, 0.2) is 48.5 Å².